The van der Waals surface area contributed by atoms with E-state index in [1.54, 1.807) is 56.3 Å². The Bertz CT molecular complexity index is 788. The summed E-state index contributed by atoms with van der Waals surface area (Å²) in [5, 5.41) is 13.6. The monoisotopic (exact) mass is 376 g/mol. The van der Waals surface area contributed by atoms with Gasteiger partial charge in [-0.25, -0.2) is 0 Å². The normalized spacial score (nSPS) is 10.3. The second-order valence-corrected chi connectivity index (χ2v) is 6.55. The average molecular weight is 376 g/mol. The van der Waals surface area contributed by atoms with Gasteiger partial charge in [0.05, 0.1) is 12.3 Å². The number of nitrogens with one attached hydrogen (secondary N) is 2. The molecule has 138 valence electrons. The van der Waals surface area contributed by atoms with E-state index < -0.39 is 0 Å². The number of likely N-dealkylation sites (N-methyl/N-ethyl adjacent to an activating group) is 1. The number of amides is 3. The van der Waals surface area contributed by atoms with Crippen LogP contribution in [0.5, 0.6) is 0 Å². The van der Waals surface area contributed by atoms with E-state index in [4.69, 9.17) is 0 Å². The maximum atomic E-state index is 12.0. The standard InChI is InChI=1S/C16H20N6O3S/c1-21(2)14(24)8-17-15(25)11-4-6-12(7-5-11)19-13(23)9-26-16-20-18-10-22(16)3/h4-7,10H,8-9H2,1-3H3,(H,17,25)(H,19,23). The molecular weight excluding hydrogens is 356 g/mol. The SMILES string of the molecule is CN(C)C(=O)CNC(=O)c1ccc(NC(=O)CSc2nncn2C)cc1. The zero-order valence-corrected chi connectivity index (χ0v) is 15.5. The van der Waals surface area contributed by atoms with Crippen LogP contribution in [0.15, 0.2) is 35.7 Å². The number of hydrogen-bond acceptors (Lipinski definition) is 6. The summed E-state index contributed by atoms with van der Waals surface area (Å²) in [5.74, 6) is -0.535. The van der Waals surface area contributed by atoms with E-state index in [1.807, 2.05) is 0 Å². The van der Waals surface area contributed by atoms with Crippen LogP contribution in [-0.2, 0) is 16.6 Å². The molecule has 0 fully saturated rings. The van der Waals surface area contributed by atoms with Gasteiger partial charge < -0.3 is 20.1 Å². The minimum atomic E-state index is -0.351. The molecule has 2 N–H and O–H groups in total. The summed E-state index contributed by atoms with van der Waals surface area (Å²) in [5.41, 5.74) is 0.984. The second kappa shape index (κ2) is 8.99. The Morgan fingerprint density at radius 2 is 1.88 bits per heavy atom. The van der Waals surface area contributed by atoms with Gasteiger partial charge in [0.1, 0.15) is 6.33 Å². The van der Waals surface area contributed by atoms with Gasteiger partial charge in [0, 0.05) is 32.4 Å². The summed E-state index contributed by atoms with van der Waals surface area (Å²) in [4.78, 5) is 36.8. The zero-order valence-electron chi connectivity index (χ0n) is 14.7. The summed E-state index contributed by atoms with van der Waals surface area (Å²) >= 11 is 1.28. The number of carbonyl (C=O) groups is 3. The van der Waals surface area contributed by atoms with Crippen LogP contribution in [0.3, 0.4) is 0 Å². The Morgan fingerprint density at radius 1 is 1.19 bits per heavy atom. The quantitative estimate of drug-likeness (QED) is 0.676. The molecule has 10 heteroatoms. The number of carbonyl (C=O) groups excluding carboxylic acids is 3. The minimum Gasteiger partial charge on any atom is -0.347 e. The molecule has 0 saturated heterocycles. The topological polar surface area (TPSA) is 109 Å². The molecular formula is C16H20N6O3S. The molecule has 0 aliphatic carbocycles. The predicted molar refractivity (Wildman–Crippen MR) is 97.8 cm³/mol. The maximum Gasteiger partial charge on any atom is 0.251 e. The van der Waals surface area contributed by atoms with Crippen LogP contribution in [0.1, 0.15) is 10.4 Å². The van der Waals surface area contributed by atoms with E-state index in [2.05, 4.69) is 20.8 Å². The number of nitrogens with zero attached hydrogens (tertiary/aromatic N) is 4. The van der Waals surface area contributed by atoms with Gasteiger partial charge in [-0.3, -0.25) is 14.4 Å². The van der Waals surface area contributed by atoms with Gasteiger partial charge in [0.15, 0.2) is 5.16 Å². The molecule has 0 bridgehead atoms. The van der Waals surface area contributed by atoms with Crippen molar-refractivity contribution in [2.45, 2.75) is 5.16 Å². The summed E-state index contributed by atoms with van der Waals surface area (Å²) in [7, 11) is 5.04. The summed E-state index contributed by atoms with van der Waals surface area (Å²) in [6, 6.07) is 6.43. The number of hydrogen-bond donors (Lipinski definition) is 2. The number of aromatic nitrogens is 3. The highest BCUT2D eigenvalue weighted by Gasteiger charge is 2.10. The molecule has 0 atom stereocenters. The van der Waals surface area contributed by atoms with Crippen LogP contribution in [0.4, 0.5) is 5.69 Å². The molecule has 0 spiro atoms. The third-order valence-corrected chi connectivity index (χ3v) is 4.37. The molecule has 1 aromatic heterocycles. The lowest BCUT2D eigenvalue weighted by atomic mass is 10.2. The highest BCUT2D eigenvalue weighted by molar-refractivity contribution is 7.99. The van der Waals surface area contributed by atoms with E-state index in [0.29, 0.717) is 16.4 Å². The molecule has 0 radical (unpaired) electrons. The summed E-state index contributed by atoms with van der Waals surface area (Å²) in [6.45, 7) is -0.0659. The number of rotatable bonds is 7. The molecule has 0 aliphatic heterocycles. The van der Waals surface area contributed by atoms with Crippen molar-refractivity contribution in [3.63, 3.8) is 0 Å². The van der Waals surface area contributed by atoms with E-state index in [0.717, 1.165) is 0 Å². The lowest BCUT2D eigenvalue weighted by Gasteiger charge is -2.11. The van der Waals surface area contributed by atoms with Crippen molar-refractivity contribution >= 4 is 35.2 Å². The van der Waals surface area contributed by atoms with Crippen LogP contribution >= 0.6 is 11.8 Å². The van der Waals surface area contributed by atoms with Crippen molar-refractivity contribution in [1.29, 1.82) is 0 Å². The first kappa shape index (κ1) is 19.4. The van der Waals surface area contributed by atoms with Crippen molar-refractivity contribution in [3.8, 4) is 0 Å². The lowest BCUT2D eigenvalue weighted by molar-refractivity contribution is -0.127. The van der Waals surface area contributed by atoms with Crippen molar-refractivity contribution in [2.24, 2.45) is 7.05 Å². The van der Waals surface area contributed by atoms with Gasteiger partial charge in [0.2, 0.25) is 11.8 Å². The van der Waals surface area contributed by atoms with Crippen LogP contribution in [0.2, 0.25) is 0 Å². The fourth-order valence-corrected chi connectivity index (χ4v) is 2.54. The van der Waals surface area contributed by atoms with E-state index in [-0.39, 0.29) is 30.0 Å². The highest BCUT2D eigenvalue weighted by Crippen LogP contribution is 2.15. The number of anilines is 1. The molecule has 2 aromatic rings. The third kappa shape index (κ3) is 5.59. The van der Waals surface area contributed by atoms with Crippen LogP contribution in [0.25, 0.3) is 0 Å². The molecule has 1 heterocycles. The van der Waals surface area contributed by atoms with Gasteiger partial charge in [-0.05, 0) is 24.3 Å². The smallest absolute Gasteiger partial charge is 0.251 e. The van der Waals surface area contributed by atoms with Crippen LogP contribution in [0, 0.1) is 0 Å². The molecule has 26 heavy (non-hydrogen) atoms. The van der Waals surface area contributed by atoms with Gasteiger partial charge in [-0.1, -0.05) is 11.8 Å². The zero-order chi connectivity index (χ0) is 19.1. The fourth-order valence-electron chi connectivity index (χ4n) is 1.85. The molecule has 2 rings (SSSR count). The first-order valence-corrected chi connectivity index (χ1v) is 8.70. The predicted octanol–water partition coefficient (Wildman–Crippen LogP) is 0.364. The van der Waals surface area contributed by atoms with Crippen molar-refractivity contribution in [3.05, 3.63) is 36.2 Å². The van der Waals surface area contributed by atoms with Crippen LogP contribution < -0.4 is 10.6 Å². The molecule has 3 amide bonds. The maximum absolute atomic E-state index is 12.0. The Hall–Kier alpha value is -2.88. The fraction of sp³-hybridized carbons (Fsp3) is 0.312. The van der Waals surface area contributed by atoms with Gasteiger partial charge in [-0.15, -0.1) is 10.2 Å². The van der Waals surface area contributed by atoms with Gasteiger partial charge in [-0.2, -0.15) is 0 Å². The van der Waals surface area contributed by atoms with Crippen molar-refractivity contribution in [2.75, 3.05) is 31.7 Å². The first-order chi connectivity index (χ1) is 12.4. The Kier molecular flexibility index (Phi) is 6.73. The van der Waals surface area contributed by atoms with Gasteiger partial charge in [0.25, 0.3) is 5.91 Å². The van der Waals surface area contributed by atoms with E-state index >= 15 is 0 Å². The molecule has 0 aliphatic rings. The molecule has 9 nitrogen and oxygen atoms in total. The Morgan fingerprint density at radius 3 is 2.46 bits per heavy atom. The Labute approximate surface area is 155 Å². The largest absolute Gasteiger partial charge is 0.347 e. The molecule has 0 saturated carbocycles. The number of thioether (sulfide) groups is 1. The summed E-state index contributed by atoms with van der Waals surface area (Å²) < 4.78 is 1.73. The average Bonchev–Trinajstić information content (AvgIpc) is 3.03. The van der Waals surface area contributed by atoms with E-state index in [9.17, 15) is 14.4 Å². The van der Waals surface area contributed by atoms with Gasteiger partial charge >= 0.3 is 0 Å². The van der Waals surface area contributed by atoms with Crippen molar-refractivity contribution in [1.82, 2.24) is 25.0 Å². The first-order valence-electron chi connectivity index (χ1n) is 7.72. The summed E-state index contributed by atoms with van der Waals surface area (Å²) in [6.07, 6.45) is 1.57. The minimum absolute atomic E-state index is 0.0659. The second-order valence-electron chi connectivity index (χ2n) is 5.61. The number of aryl methyl sites for hydroxylation is 1. The highest BCUT2D eigenvalue weighted by atomic mass is 32.2. The molecule has 1 aromatic carbocycles. The van der Waals surface area contributed by atoms with Crippen molar-refractivity contribution < 1.29 is 14.4 Å². The molecule has 0 unspecified atom stereocenters. The van der Waals surface area contributed by atoms with E-state index in [1.165, 1.54) is 16.7 Å². The lowest BCUT2D eigenvalue weighted by Crippen LogP contribution is -2.36. The Balaban J connectivity index is 1.82. The van der Waals surface area contributed by atoms with Crippen LogP contribution in [-0.4, -0.2) is 63.8 Å². The third-order valence-electron chi connectivity index (χ3n) is 3.33. The number of benzene rings is 1.